The number of carbonyl (C=O) groups is 1. The van der Waals surface area contributed by atoms with Crippen LogP contribution in [0.15, 0.2) is 0 Å². The molecule has 0 aromatic carbocycles. The van der Waals surface area contributed by atoms with Crippen LogP contribution in [0.25, 0.3) is 0 Å². The summed E-state index contributed by atoms with van der Waals surface area (Å²) in [5.41, 5.74) is 5.38. The van der Waals surface area contributed by atoms with Gasteiger partial charge in [-0.05, 0) is 40.2 Å². The number of amides is 1. The minimum Gasteiger partial charge on any atom is -0.465 e. The summed E-state index contributed by atoms with van der Waals surface area (Å²) in [4.78, 5) is 12.5. The predicted octanol–water partition coefficient (Wildman–Crippen LogP) is 1.50. The smallest absolute Gasteiger partial charge is 0.407 e. The Balaban J connectivity index is 2.66. The molecule has 0 unspecified atom stereocenters. The zero-order valence-electron chi connectivity index (χ0n) is 9.21. The van der Waals surface area contributed by atoms with E-state index in [-0.39, 0.29) is 11.0 Å². The lowest BCUT2D eigenvalue weighted by Gasteiger charge is -2.35. The molecule has 0 aromatic rings. The van der Waals surface area contributed by atoms with Crippen LogP contribution in [0.4, 0.5) is 4.79 Å². The molecule has 4 nitrogen and oxygen atoms in total. The topological polar surface area (TPSA) is 66.6 Å². The van der Waals surface area contributed by atoms with Gasteiger partial charge in [-0.25, -0.2) is 4.79 Å². The number of rotatable bonds is 3. The van der Waals surface area contributed by atoms with Gasteiger partial charge < -0.3 is 15.7 Å². The summed E-state index contributed by atoms with van der Waals surface area (Å²) < 4.78 is 0. The van der Waals surface area contributed by atoms with E-state index in [0.29, 0.717) is 13.1 Å². The summed E-state index contributed by atoms with van der Waals surface area (Å²) in [6, 6.07) is 0. The van der Waals surface area contributed by atoms with Crippen molar-refractivity contribution in [2.24, 2.45) is 11.1 Å². The molecule has 0 aromatic heterocycles. The molecule has 1 rings (SSSR count). The molecule has 0 atom stereocenters. The molecule has 0 radical (unpaired) electrons. The van der Waals surface area contributed by atoms with Gasteiger partial charge in [0.1, 0.15) is 0 Å². The van der Waals surface area contributed by atoms with Crippen LogP contribution in [0.3, 0.4) is 0 Å². The number of carboxylic acid groups (broad SMARTS) is 1. The molecule has 82 valence electrons. The van der Waals surface area contributed by atoms with Crippen molar-refractivity contribution >= 4 is 6.09 Å². The van der Waals surface area contributed by atoms with Gasteiger partial charge in [-0.2, -0.15) is 0 Å². The Kier molecular flexibility index (Phi) is 2.76. The zero-order valence-corrected chi connectivity index (χ0v) is 9.21. The largest absolute Gasteiger partial charge is 0.465 e. The Morgan fingerprint density at radius 1 is 1.50 bits per heavy atom. The van der Waals surface area contributed by atoms with Crippen LogP contribution in [0, 0.1) is 5.41 Å². The minimum absolute atomic E-state index is 0.0751. The monoisotopic (exact) mass is 200 g/mol. The Hall–Kier alpha value is -0.770. The quantitative estimate of drug-likeness (QED) is 0.725. The van der Waals surface area contributed by atoms with E-state index in [1.165, 1.54) is 4.90 Å². The molecular weight excluding hydrogens is 180 g/mol. The molecule has 0 spiro atoms. The van der Waals surface area contributed by atoms with E-state index < -0.39 is 6.09 Å². The van der Waals surface area contributed by atoms with E-state index in [0.717, 1.165) is 12.8 Å². The van der Waals surface area contributed by atoms with Crippen molar-refractivity contribution in [1.29, 1.82) is 0 Å². The highest BCUT2D eigenvalue weighted by Gasteiger charge is 2.45. The van der Waals surface area contributed by atoms with Crippen molar-refractivity contribution in [3.8, 4) is 0 Å². The van der Waals surface area contributed by atoms with Crippen LogP contribution < -0.4 is 5.73 Å². The molecule has 0 saturated heterocycles. The normalized spacial score (nSPS) is 19.1. The minimum atomic E-state index is -0.850. The van der Waals surface area contributed by atoms with E-state index in [4.69, 9.17) is 10.8 Å². The van der Waals surface area contributed by atoms with Crippen molar-refractivity contribution in [3.05, 3.63) is 0 Å². The first-order valence-electron chi connectivity index (χ1n) is 5.01. The van der Waals surface area contributed by atoms with Gasteiger partial charge in [0, 0.05) is 17.5 Å². The van der Waals surface area contributed by atoms with Crippen LogP contribution in [0.1, 0.15) is 33.6 Å². The second kappa shape index (κ2) is 3.42. The SMILES string of the molecule is CC(C)(C)N(CC1(CN)CC1)C(=O)O. The van der Waals surface area contributed by atoms with Crippen LogP contribution in [-0.2, 0) is 0 Å². The van der Waals surface area contributed by atoms with Gasteiger partial charge in [0.05, 0.1) is 0 Å². The maximum atomic E-state index is 11.1. The number of hydrogen-bond acceptors (Lipinski definition) is 2. The van der Waals surface area contributed by atoms with Gasteiger partial charge in [0.2, 0.25) is 0 Å². The van der Waals surface area contributed by atoms with Crippen LogP contribution in [-0.4, -0.2) is 34.7 Å². The molecule has 4 heteroatoms. The molecule has 0 bridgehead atoms. The molecule has 14 heavy (non-hydrogen) atoms. The molecule has 1 aliphatic carbocycles. The van der Waals surface area contributed by atoms with E-state index in [1.54, 1.807) is 0 Å². The lowest BCUT2D eigenvalue weighted by molar-refractivity contribution is 0.0861. The fraction of sp³-hybridized carbons (Fsp3) is 0.900. The summed E-state index contributed by atoms with van der Waals surface area (Å²) in [5.74, 6) is 0. The third-order valence-electron chi connectivity index (χ3n) is 2.92. The second-order valence-electron chi connectivity index (χ2n) is 5.24. The van der Waals surface area contributed by atoms with Crippen LogP contribution >= 0.6 is 0 Å². The second-order valence-corrected chi connectivity index (χ2v) is 5.24. The van der Waals surface area contributed by atoms with E-state index in [1.807, 2.05) is 20.8 Å². The fourth-order valence-electron chi connectivity index (χ4n) is 1.53. The Labute approximate surface area is 85.1 Å². The first kappa shape index (κ1) is 11.3. The third-order valence-corrected chi connectivity index (χ3v) is 2.92. The fourth-order valence-corrected chi connectivity index (χ4v) is 1.53. The molecular formula is C10H20N2O2. The first-order valence-corrected chi connectivity index (χ1v) is 5.01. The third kappa shape index (κ3) is 2.38. The molecule has 0 aliphatic heterocycles. The van der Waals surface area contributed by atoms with Crippen molar-refractivity contribution in [1.82, 2.24) is 4.90 Å². The molecule has 1 amide bonds. The molecule has 1 fully saturated rings. The van der Waals surface area contributed by atoms with Crippen molar-refractivity contribution in [3.63, 3.8) is 0 Å². The molecule has 0 heterocycles. The Morgan fingerprint density at radius 3 is 2.21 bits per heavy atom. The molecule has 1 aliphatic rings. The highest BCUT2D eigenvalue weighted by molar-refractivity contribution is 5.66. The van der Waals surface area contributed by atoms with Gasteiger partial charge in [0.15, 0.2) is 0 Å². The van der Waals surface area contributed by atoms with Crippen LogP contribution in [0.2, 0.25) is 0 Å². The zero-order chi connectivity index (χ0) is 11.0. The Morgan fingerprint density at radius 2 is 2.00 bits per heavy atom. The maximum Gasteiger partial charge on any atom is 0.407 e. The van der Waals surface area contributed by atoms with Gasteiger partial charge in [-0.15, -0.1) is 0 Å². The Bertz CT molecular complexity index is 229. The lowest BCUT2D eigenvalue weighted by Crippen LogP contribution is -2.48. The first-order chi connectivity index (χ1) is 6.31. The lowest BCUT2D eigenvalue weighted by atomic mass is 10.0. The summed E-state index contributed by atoms with van der Waals surface area (Å²) in [6.07, 6.45) is 1.27. The number of nitrogens with zero attached hydrogens (tertiary/aromatic N) is 1. The summed E-state index contributed by atoms with van der Waals surface area (Å²) in [6.45, 7) is 6.89. The van der Waals surface area contributed by atoms with Gasteiger partial charge >= 0.3 is 6.09 Å². The van der Waals surface area contributed by atoms with Crippen molar-refractivity contribution in [2.75, 3.05) is 13.1 Å². The van der Waals surface area contributed by atoms with Crippen LogP contribution in [0.5, 0.6) is 0 Å². The highest BCUT2D eigenvalue weighted by atomic mass is 16.4. The van der Waals surface area contributed by atoms with Crippen molar-refractivity contribution < 1.29 is 9.90 Å². The predicted molar refractivity (Wildman–Crippen MR) is 55.2 cm³/mol. The summed E-state index contributed by atoms with van der Waals surface area (Å²) >= 11 is 0. The summed E-state index contributed by atoms with van der Waals surface area (Å²) in [5, 5.41) is 9.08. The average molecular weight is 200 g/mol. The van der Waals surface area contributed by atoms with Gasteiger partial charge in [-0.1, -0.05) is 0 Å². The van der Waals surface area contributed by atoms with E-state index in [2.05, 4.69) is 0 Å². The van der Waals surface area contributed by atoms with Crippen molar-refractivity contribution in [2.45, 2.75) is 39.2 Å². The average Bonchev–Trinajstić information content (AvgIpc) is 2.78. The number of nitrogens with two attached hydrogens (primary N) is 1. The molecule has 3 N–H and O–H groups in total. The molecule has 1 saturated carbocycles. The maximum absolute atomic E-state index is 11.1. The highest BCUT2D eigenvalue weighted by Crippen LogP contribution is 2.45. The van der Waals surface area contributed by atoms with E-state index >= 15 is 0 Å². The number of hydrogen-bond donors (Lipinski definition) is 2. The van der Waals surface area contributed by atoms with E-state index in [9.17, 15) is 4.79 Å². The summed E-state index contributed by atoms with van der Waals surface area (Å²) in [7, 11) is 0. The van der Waals surface area contributed by atoms with Gasteiger partial charge in [0.25, 0.3) is 0 Å². The van der Waals surface area contributed by atoms with Gasteiger partial charge in [-0.3, -0.25) is 0 Å². The standard InChI is InChI=1S/C10H20N2O2/c1-9(2,3)12(8(13)14)7-10(6-11)4-5-10/h4-7,11H2,1-3H3,(H,13,14).